The fourth-order valence-corrected chi connectivity index (χ4v) is 0.842. The summed E-state index contributed by atoms with van der Waals surface area (Å²) in [6.07, 6.45) is 3.18. The van der Waals surface area contributed by atoms with Gasteiger partial charge >= 0.3 is 0 Å². The molecule has 0 bridgehead atoms. The first-order chi connectivity index (χ1) is 6.24. The average Bonchev–Trinajstić information content (AvgIpc) is 2.12. The number of nitrogens with two attached hydrogens (primary N) is 1. The van der Waals surface area contributed by atoms with Gasteiger partial charge < -0.3 is 11.1 Å². The summed E-state index contributed by atoms with van der Waals surface area (Å²) in [4.78, 5) is 7.46. The van der Waals surface area contributed by atoms with Crippen molar-refractivity contribution in [1.29, 1.82) is 0 Å². The lowest BCUT2D eigenvalue weighted by Crippen LogP contribution is -2.07. The number of hydrogen-bond donors (Lipinski definition) is 2. The van der Waals surface area contributed by atoms with Crippen LogP contribution in [-0.4, -0.2) is 16.5 Å². The molecule has 4 nitrogen and oxygen atoms in total. The van der Waals surface area contributed by atoms with Crippen LogP contribution in [0.25, 0.3) is 0 Å². The minimum absolute atomic E-state index is 0.117. The van der Waals surface area contributed by atoms with Gasteiger partial charge in [0.25, 0.3) is 0 Å². The Balaban J connectivity index is 2.53. The SMILES string of the molecule is CCCCNc1ncc(F)c(N)n1. The van der Waals surface area contributed by atoms with E-state index in [4.69, 9.17) is 5.73 Å². The summed E-state index contributed by atoms with van der Waals surface area (Å²) in [7, 11) is 0. The Labute approximate surface area is 76.4 Å². The maximum absolute atomic E-state index is 12.6. The van der Waals surface area contributed by atoms with E-state index in [0.29, 0.717) is 5.95 Å². The number of unbranched alkanes of at least 4 members (excludes halogenated alkanes) is 1. The molecule has 0 unspecified atom stereocenters. The van der Waals surface area contributed by atoms with Crippen molar-refractivity contribution in [1.82, 2.24) is 9.97 Å². The van der Waals surface area contributed by atoms with Crippen LogP contribution in [0.15, 0.2) is 6.20 Å². The summed E-state index contributed by atoms with van der Waals surface area (Å²) in [5.74, 6) is -0.317. The zero-order valence-corrected chi connectivity index (χ0v) is 7.55. The third-order valence-corrected chi connectivity index (χ3v) is 1.58. The molecule has 0 aromatic carbocycles. The number of rotatable bonds is 4. The van der Waals surface area contributed by atoms with Gasteiger partial charge in [-0.25, -0.2) is 9.37 Å². The van der Waals surface area contributed by atoms with Crippen LogP contribution < -0.4 is 11.1 Å². The molecule has 1 aromatic rings. The molecule has 0 aliphatic heterocycles. The molecular formula is C8H13FN4. The van der Waals surface area contributed by atoms with E-state index in [9.17, 15) is 4.39 Å². The van der Waals surface area contributed by atoms with E-state index in [1.807, 2.05) is 0 Å². The van der Waals surface area contributed by atoms with Crippen LogP contribution in [0.4, 0.5) is 16.2 Å². The lowest BCUT2D eigenvalue weighted by molar-refractivity contribution is 0.620. The molecule has 1 heterocycles. The zero-order valence-electron chi connectivity index (χ0n) is 7.55. The number of anilines is 2. The molecule has 3 N–H and O–H groups in total. The molecule has 0 saturated heterocycles. The molecule has 0 saturated carbocycles. The van der Waals surface area contributed by atoms with Gasteiger partial charge in [0.2, 0.25) is 5.95 Å². The molecule has 13 heavy (non-hydrogen) atoms. The van der Waals surface area contributed by atoms with E-state index < -0.39 is 5.82 Å². The maximum Gasteiger partial charge on any atom is 0.224 e. The number of nitrogens with zero attached hydrogens (tertiary/aromatic N) is 2. The topological polar surface area (TPSA) is 63.8 Å². The van der Waals surface area contributed by atoms with E-state index in [-0.39, 0.29) is 5.82 Å². The standard InChI is InChI=1S/C8H13FN4/c1-2-3-4-11-8-12-5-6(9)7(10)13-8/h5H,2-4H2,1H3,(H3,10,11,12,13). The Kier molecular flexibility index (Phi) is 3.42. The van der Waals surface area contributed by atoms with Crippen molar-refractivity contribution in [3.63, 3.8) is 0 Å². The summed E-state index contributed by atoms with van der Waals surface area (Å²) in [6, 6.07) is 0. The van der Waals surface area contributed by atoms with E-state index in [2.05, 4.69) is 22.2 Å². The van der Waals surface area contributed by atoms with Crippen LogP contribution in [0.1, 0.15) is 19.8 Å². The highest BCUT2D eigenvalue weighted by Gasteiger charge is 2.01. The highest BCUT2D eigenvalue weighted by atomic mass is 19.1. The first-order valence-corrected chi connectivity index (χ1v) is 4.26. The van der Waals surface area contributed by atoms with Gasteiger partial charge in [0.1, 0.15) is 0 Å². The number of hydrogen-bond acceptors (Lipinski definition) is 4. The third kappa shape index (κ3) is 2.85. The Morgan fingerprint density at radius 3 is 3.00 bits per heavy atom. The maximum atomic E-state index is 12.6. The van der Waals surface area contributed by atoms with Crippen LogP contribution in [0.2, 0.25) is 0 Å². The molecule has 0 radical (unpaired) electrons. The van der Waals surface area contributed by atoms with Crippen molar-refractivity contribution >= 4 is 11.8 Å². The lowest BCUT2D eigenvalue weighted by atomic mass is 10.3. The molecular weight excluding hydrogens is 171 g/mol. The number of nitrogens with one attached hydrogen (secondary N) is 1. The van der Waals surface area contributed by atoms with E-state index >= 15 is 0 Å². The quantitative estimate of drug-likeness (QED) is 0.694. The molecule has 5 heteroatoms. The Morgan fingerprint density at radius 1 is 1.62 bits per heavy atom. The fraction of sp³-hybridized carbons (Fsp3) is 0.500. The molecule has 72 valence electrons. The normalized spacial score (nSPS) is 10.0. The molecule has 1 aromatic heterocycles. The lowest BCUT2D eigenvalue weighted by Gasteiger charge is -2.03. The molecule has 0 spiro atoms. The smallest absolute Gasteiger partial charge is 0.224 e. The third-order valence-electron chi connectivity index (χ3n) is 1.58. The zero-order chi connectivity index (χ0) is 9.68. The van der Waals surface area contributed by atoms with Crippen molar-refractivity contribution in [2.75, 3.05) is 17.6 Å². The summed E-state index contributed by atoms with van der Waals surface area (Å²) in [6.45, 7) is 2.86. The second-order valence-electron chi connectivity index (χ2n) is 2.71. The van der Waals surface area contributed by atoms with Crippen LogP contribution in [0.5, 0.6) is 0 Å². The van der Waals surface area contributed by atoms with Gasteiger partial charge in [-0.05, 0) is 6.42 Å². The summed E-state index contributed by atoms with van der Waals surface area (Å²) >= 11 is 0. The van der Waals surface area contributed by atoms with Crippen molar-refractivity contribution < 1.29 is 4.39 Å². The van der Waals surface area contributed by atoms with Gasteiger partial charge in [-0.3, -0.25) is 0 Å². The summed E-state index contributed by atoms with van der Waals surface area (Å²) < 4.78 is 12.6. The van der Waals surface area contributed by atoms with Crippen molar-refractivity contribution in [3.05, 3.63) is 12.0 Å². The van der Waals surface area contributed by atoms with Gasteiger partial charge in [-0.15, -0.1) is 0 Å². The van der Waals surface area contributed by atoms with Crippen LogP contribution >= 0.6 is 0 Å². The Hall–Kier alpha value is -1.39. The van der Waals surface area contributed by atoms with Crippen molar-refractivity contribution in [2.24, 2.45) is 0 Å². The highest BCUT2D eigenvalue weighted by Crippen LogP contribution is 2.07. The first kappa shape index (κ1) is 9.70. The van der Waals surface area contributed by atoms with Crippen LogP contribution in [0, 0.1) is 5.82 Å². The van der Waals surface area contributed by atoms with Gasteiger partial charge in [-0.1, -0.05) is 13.3 Å². The Bertz CT molecular complexity index is 277. The number of aromatic nitrogens is 2. The monoisotopic (exact) mass is 184 g/mol. The summed E-state index contributed by atoms with van der Waals surface area (Å²) in [5, 5.41) is 2.94. The first-order valence-electron chi connectivity index (χ1n) is 4.26. The largest absolute Gasteiger partial charge is 0.381 e. The van der Waals surface area contributed by atoms with Gasteiger partial charge in [0.15, 0.2) is 11.6 Å². The van der Waals surface area contributed by atoms with E-state index in [0.717, 1.165) is 25.6 Å². The second-order valence-corrected chi connectivity index (χ2v) is 2.71. The number of nitrogen functional groups attached to an aromatic ring is 1. The molecule has 1 rings (SSSR count). The number of halogens is 1. The molecule has 0 aliphatic rings. The molecule has 0 atom stereocenters. The van der Waals surface area contributed by atoms with Crippen LogP contribution in [0.3, 0.4) is 0 Å². The average molecular weight is 184 g/mol. The predicted octanol–water partition coefficient (Wildman–Crippen LogP) is 1.41. The minimum Gasteiger partial charge on any atom is -0.381 e. The molecule has 0 fully saturated rings. The second kappa shape index (κ2) is 4.59. The Morgan fingerprint density at radius 2 is 2.38 bits per heavy atom. The van der Waals surface area contributed by atoms with Gasteiger partial charge in [0.05, 0.1) is 6.20 Å². The molecule has 0 aliphatic carbocycles. The highest BCUT2D eigenvalue weighted by molar-refractivity contribution is 5.36. The molecule has 0 amide bonds. The van der Waals surface area contributed by atoms with Gasteiger partial charge in [-0.2, -0.15) is 4.98 Å². The summed E-state index contributed by atoms with van der Waals surface area (Å²) in [5.41, 5.74) is 5.26. The van der Waals surface area contributed by atoms with Crippen LogP contribution in [-0.2, 0) is 0 Å². The van der Waals surface area contributed by atoms with E-state index in [1.54, 1.807) is 0 Å². The van der Waals surface area contributed by atoms with Crippen molar-refractivity contribution in [2.45, 2.75) is 19.8 Å². The fourth-order valence-electron chi connectivity index (χ4n) is 0.842. The predicted molar refractivity (Wildman–Crippen MR) is 49.8 cm³/mol. The van der Waals surface area contributed by atoms with Crippen molar-refractivity contribution in [3.8, 4) is 0 Å². The van der Waals surface area contributed by atoms with Gasteiger partial charge in [0, 0.05) is 6.54 Å². The van der Waals surface area contributed by atoms with E-state index in [1.165, 1.54) is 0 Å². The minimum atomic E-state index is -0.582.